The average Bonchev–Trinajstić information content (AvgIpc) is 2.43. The molecular weight excluding hydrogens is 336 g/mol. The summed E-state index contributed by atoms with van der Waals surface area (Å²) >= 11 is 3.39. The van der Waals surface area contributed by atoms with Gasteiger partial charge in [-0.2, -0.15) is 0 Å². The van der Waals surface area contributed by atoms with Crippen LogP contribution in [0.2, 0.25) is 0 Å². The Balaban J connectivity index is 2.51. The normalized spacial score (nSPS) is 10.9. The van der Waals surface area contributed by atoms with Crippen LogP contribution in [0.1, 0.15) is 19.5 Å². The first-order chi connectivity index (χ1) is 9.88. The van der Waals surface area contributed by atoms with Gasteiger partial charge in [0, 0.05) is 17.7 Å². The molecule has 0 spiro atoms. The molecule has 110 valence electrons. The first-order valence-electron chi connectivity index (χ1n) is 6.45. The van der Waals surface area contributed by atoms with Crippen LogP contribution >= 0.6 is 15.9 Å². The van der Waals surface area contributed by atoms with Gasteiger partial charge in [0.2, 0.25) is 0 Å². The van der Waals surface area contributed by atoms with Gasteiger partial charge in [-0.15, -0.1) is 0 Å². The summed E-state index contributed by atoms with van der Waals surface area (Å²) in [6.45, 7) is 4.16. The minimum absolute atomic E-state index is 0.00278. The van der Waals surface area contributed by atoms with Crippen LogP contribution in [0.5, 0.6) is 0 Å². The fraction of sp³-hybridized carbons (Fsp3) is 0.286. The van der Waals surface area contributed by atoms with Gasteiger partial charge in [-0.25, -0.2) is 9.97 Å². The van der Waals surface area contributed by atoms with Crippen molar-refractivity contribution in [1.29, 1.82) is 0 Å². The van der Waals surface area contributed by atoms with Crippen molar-refractivity contribution in [2.45, 2.75) is 20.3 Å². The van der Waals surface area contributed by atoms with Crippen molar-refractivity contribution >= 4 is 27.4 Å². The van der Waals surface area contributed by atoms with E-state index < -0.39 is 4.92 Å². The van der Waals surface area contributed by atoms with E-state index in [-0.39, 0.29) is 5.69 Å². The van der Waals surface area contributed by atoms with E-state index in [1.165, 1.54) is 12.1 Å². The first kappa shape index (κ1) is 15.4. The highest BCUT2D eigenvalue weighted by Crippen LogP contribution is 2.28. The number of hydrogen-bond acceptors (Lipinski definition) is 5. The molecule has 7 heteroatoms. The lowest BCUT2D eigenvalue weighted by molar-refractivity contribution is -0.384. The van der Waals surface area contributed by atoms with Gasteiger partial charge in [0.15, 0.2) is 5.82 Å². The van der Waals surface area contributed by atoms with Gasteiger partial charge in [-0.05, 0) is 28.3 Å². The number of aromatic nitrogens is 2. The Labute approximate surface area is 130 Å². The van der Waals surface area contributed by atoms with E-state index in [1.807, 2.05) is 0 Å². The number of nitro groups is 1. The van der Waals surface area contributed by atoms with Crippen LogP contribution in [0, 0.1) is 16.0 Å². The van der Waals surface area contributed by atoms with E-state index in [4.69, 9.17) is 5.73 Å². The fourth-order valence-corrected chi connectivity index (χ4v) is 2.26. The number of benzene rings is 1. The van der Waals surface area contributed by atoms with Crippen LogP contribution < -0.4 is 5.73 Å². The maximum absolute atomic E-state index is 10.9. The molecule has 0 aliphatic carbocycles. The zero-order chi connectivity index (χ0) is 15.6. The van der Waals surface area contributed by atoms with Gasteiger partial charge in [-0.1, -0.05) is 26.0 Å². The molecule has 2 aromatic rings. The number of hydrogen-bond donors (Lipinski definition) is 1. The molecule has 0 aliphatic heterocycles. The highest BCUT2D eigenvalue weighted by atomic mass is 79.9. The largest absolute Gasteiger partial charge is 0.383 e. The highest BCUT2D eigenvalue weighted by Gasteiger charge is 2.14. The van der Waals surface area contributed by atoms with Gasteiger partial charge in [0.05, 0.1) is 15.1 Å². The molecule has 1 aromatic carbocycles. The number of non-ortho nitro benzene ring substituents is 1. The summed E-state index contributed by atoms with van der Waals surface area (Å²) in [6, 6.07) is 6.22. The van der Waals surface area contributed by atoms with E-state index in [2.05, 4.69) is 39.7 Å². The summed E-state index contributed by atoms with van der Waals surface area (Å²) in [7, 11) is 0. The third-order valence-corrected chi connectivity index (χ3v) is 3.73. The van der Waals surface area contributed by atoms with Crippen LogP contribution in [0.15, 0.2) is 28.7 Å². The molecule has 2 rings (SSSR count). The second kappa shape index (κ2) is 6.17. The maximum atomic E-state index is 10.9. The van der Waals surface area contributed by atoms with Crippen LogP contribution in [-0.4, -0.2) is 14.9 Å². The lowest BCUT2D eigenvalue weighted by Crippen LogP contribution is -2.05. The molecule has 0 radical (unpaired) electrons. The molecule has 2 N–H and O–H groups in total. The van der Waals surface area contributed by atoms with E-state index >= 15 is 0 Å². The monoisotopic (exact) mass is 350 g/mol. The number of nitrogen functional groups attached to an aromatic ring is 1. The Kier molecular flexibility index (Phi) is 4.52. The number of nitrogens with two attached hydrogens (primary N) is 1. The summed E-state index contributed by atoms with van der Waals surface area (Å²) < 4.78 is 0.686. The Bertz CT molecular complexity index is 689. The van der Waals surface area contributed by atoms with Gasteiger partial charge < -0.3 is 5.73 Å². The third-order valence-electron chi connectivity index (χ3n) is 2.86. The molecule has 0 saturated carbocycles. The number of anilines is 1. The van der Waals surface area contributed by atoms with Crippen molar-refractivity contribution in [3.8, 4) is 11.4 Å². The molecule has 6 nitrogen and oxygen atoms in total. The van der Waals surface area contributed by atoms with Gasteiger partial charge >= 0.3 is 0 Å². The Hall–Kier alpha value is -2.02. The molecule has 0 saturated heterocycles. The van der Waals surface area contributed by atoms with E-state index in [0.29, 0.717) is 27.6 Å². The highest BCUT2D eigenvalue weighted by molar-refractivity contribution is 9.10. The Morgan fingerprint density at radius 2 is 2.10 bits per heavy atom. The second-order valence-corrected chi connectivity index (χ2v) is 5.89. The predicted molar refractivity (Wildman–Crippen MR) is 84.8 cm³/mol. The molecule has 0 aliphatic rings. The number of nitro benzene ring substituents is 1. The van der Waals surface area contributed by atoms with Crippen molar-refractivity contribution in [2.75, 3.05) is 5.73 Å². The smallest absolute Gasteiger partial charge is 0.270 e. The van der Waals surface area contributed by atoms with Crippen LogP contribution in [0.3, 0.4) is 0 Å². The molecular formula is C14H15BrN4O2. The molecule has 21 heavy (non-hydrogen) atoms. The predicted octanol–water partition coefficient (Wildman–Crippen LogP) is 3.60. The van der Waals surface area contributed by atoms with Crippen molar-refractivity contribution in [1.82, 2.24) is 9.97 Å². The summed E-state index contributed by atoms with van der Waals surface area (Å²) in [6.07, 6.45) is 0.745. The number of rotatable bonds is 4. The van der Waals surface area contributed by atoms with Crippen molar-refractivity contribution < 1.29 is 4.92 Å². The molecule has 0 fully saturated rings. The fourth-order valence-electron chi connectivity index (χ4n) is 1.92. The first-order valence-corrected chi connectivity index (χ1v) is 7.24. The van der Waals surface area contributed by atoms with Crippen LogP contribution in [-0.2, 0) is 6.42 Å². The maximum Gasteiger partial charge on any atom is 0.270 e. The quantitative estimate of drug-likeness (QED) is 0.671. The topological polar surface area (TPSA) is 94.9 Å². The molecule has 1 heterocycles. The van der Waals surface area contributed by atoms with Crippen LogP contribution in [0.4, 0.5) is 11.5 Å². The minimum atomic E-state index is -0.444. The third kappa shape index (κ3) is 3.55. The number of nitrogens with zero attached hydrogens (tertiary/aromatic N) is 3. The Morgan fingerprint density at radius 1 is 1.38 bits per heavy atom. The lowest BCUT2D eigenvalue weighted by atomic mass is 10.1. The lowest BCUT2D eigenvalue weighted by Gasteiger charge is -2.10. The van der Waals surface area contributed by atoms with Gasteiger partial charge in [-0.3, -0.25) is 10.1 Å². The van der Waals surface area contributed by atoms with E-state index in [1.54, 1.807) is 12.1 Å². The van der Waals surface area contributed by atoms with Crippen molar-refractivity contribution in [2.24, 2.45) is 5.92 Å². The summed E-state index contributed by atoms with van der Waals surface area (Å²) in [5.74, 6) is 1.14. The standard InChI is InChI=1S/C14H15BrN4O2/c1-8(2)6-11-12(15)13(16)18-14(17-11)9-4-3-5-10(7-9)19(20)21/h3-5,7-8H,6H2,1-2H3,(H2,16,17,18). The van der Waals surface area contributed by atoms with Crippen molar-refractivity contribution in [3.63, 3.8) is 0 Å². The van der Waals surface area contributed by atoms with Gasteiger partial charge in [0.1, 0.15) is 5.82 Å². The molecule has 0 bridgehead atoms. The van der Waals surface area contributed by atoms with E-state index in [0.717, 1.165) is 12.1 Å². The van der Waals surface area contributed by atoms with Crippen molar-refractivity contribution in [3.05, 3.63) is 44.5 Å². The SMILES string of the molecule is CC(C)Cc1nc(-c2cccc([N+](=O)[O-])c2)nc(N)c1Br. The summed E-state index contributed by atoms with van der Waals surface area (Å²) in [5.41, 5.74) is 7.29. The van der Waals surface area contributed by atoms with E-state index in [9.17, 15) is 10.1 Å². The molecule has 0 unspecified atom stereocenters. The molecule has 0 atom stereocenters. The van der Waals surface area contributed by atoms with Gasteiger partial charge in [0.25, 0.3) is 5.69 Å². The second-order valence-electron chi connectivity index (χ2n) is 5.10. The summed E-state index contributed by atoms with van der Waals surface area (Å²) in [5, 5.41) is 10.9. The number of halogens is 1. The average molecular weight is 351 g/mol. The Morgan fingerprint density at radius 3 is 2.71 bits per heavy atom. The van der Waals surface area contributed by atoms with Crippen LogP contribution in [0.25, 0.3) is 11.4 Å². The minimum Gasteiger partial charge on any atom is -0.383 e. The molecule has 1 aromatic heterocycles. The zero-order valence-electron chi connectivity index (χ0n) is 11.7. The summed E-state index contributed by atoms with van der Waals surface area (Å²) in [4.78, 5) is 19.1. The zero-order valence-corrected chi connectivity index (χ0v) is 13.3. The molecule has 0 amide bonds.